The van der Waals surface area contributed by atoms with Crippen LogP contribution in [0.25, 0.3) is 0 Å². The molecule has 0 radical (unpaired) electrons. The molecule has 1 heterocycles. The Bertz CT molecular complexity index is 396. The van der Waals surface area contributed by atoms with Gasteiger partial charge in [0.15, 0.2) is 0 Å². The highest BCUT2D eigenvalue weighted by atomic mass is 35.5. The molecular formula is C14H24ClN3O. The Morgan fingerprint density at radius 3 is 2.53 bits per heavy atom. The number of aromatic nitrogens is 2. The van der Waals surface area contributed by atoms with Crippen LogP contribution in [0.5, 0.6) is 0 Å². The smallest absolute Gasteiger partial charge is 0.131 e. The first kappa shape index (κ1) is 16.2. The molecule has 0 bridgehead atoms. The van der Waals surface area contributed by atoms with Crippen LogP contribution >= 0.6 is 11.6 Å². The van der Waals surface area contributed by atoms with E-state index in [2.05, 4.69) is 28.7 Å². The van der Waals surface area contributed by atoms with Gasteiger partial charge >= 0.3 is 0 Å². The first-order valence-corrected chi connectivity index (χ1v) is 7.23. The highest BCUT2D eigenvalue weighted by Crippen LogP contribution is 2.20. The second-order valence-electron chi connectivity index (χ2n) is 5.19. The number of rotatable bonds is 7. The Labute approximate surface area is 121 Å². The van der Waals surface area contributed by atoms with E-state index in [1.165, 1.54) is 0 Å². The standard InChI is InChI=1S/C14H24ClN3O/c1-10(2)14-16-9-13(12(8-15)17-14)18(5)6-7-19-11(3)4/h9-11H,6-8H2,1-5H3. The van der Waals surface area contributed by atoms with Gasteiger partial charge in [-0.2, -0.15) is 0 Å². The lowest BCUT2D eigenvalue weighted by Crippen LogP contribution is -2.25. The number of likely N-dealkylation sites (N-methyl/N-ethyl adjacent to an activating group) is 1. The van der Waals surface area contributed by atoms with Crippen molar-refractivity contribution in [2.24, 2.45) is 0 Å². The molecular weight excluding hydrogens is 262 g/mol. The molecule has 0 saturated heterocycles. The van der Waals surface area contributed by atoms with Gasteiger partial charge in [-0.3, -0.25) is 0 Å². The van der Waals surface area contributed by atoms with Crippen LogP contribution in [-0.2, 0) is 10.6 Å². The Kier molecular flexibility index (Phi) is 6.52. The van der Waals surface area contributed by atoms with E-state index >= 15 is 0 Å². The van der Waals surface area contributed by atoms with Gasteiger partial charge in [-0.15, -0.1) is 11.6 Å². The molecule has 0 amide bonds. The minimum atomic E-state index is 0.250. The fraction of sp³-hybridized carbons (Fsp3) is 0.714. The van der Waals surface area contributed by atoms with E-state index < -0.39 is 0 Å². The largest absolute Gasteiger partial charge is 0.377 e. The van der Waals surface area contributed by atoms with Crippen molar-refractivity contribution in [2.45, 2.75) is 45.6 Å². The number of halogens is 1. The molecule has 0 atom stereocenters. The van der Waals surface area contributed by atoms with E-state index in [9.17, 15) is 0 Å². The summed E-state index contributed by atoms with van der Waals surface area (Å²) in [5.41, 5.74) is 1.86. The van der Waals surface area contributed by atoms with Crippen molar-refractivity contribution in [3.05, 3.63) is 17.7 Å². The van der Waals surface area contributed by atoms with Crippen molar-refractivity contribution in [3.8, 4) is 0 Å². The van der Waals surface area contributed by atoms with Crippen LogP contribution in [0, 0.1) is 0 Å². The molecule has 1 aromatic rings. The average molecular weight is 286 g/mol. The van der Waals surface area contributed by atoms with E-state index in [-0.39, 0.29) is 6.10 Å². The van der Waals surface area contributed by atoms with Gasteiger partial charge in [-0.1, -0.05) is 13.8 Å². The van der Waals surface area contributed by atoms with E-state index in [0.717, 1.165) is 23.8 Å². The van der Waals surface area contributed by atoms with Crippen LogP contribution in [0.3, 0.4) is 0 Å². The lowest BCUT2D eigenvalue weighted by Gasteiger charge is -2.22. The molecule has 1 aromatic heterocycles. The summed E-state index contributed by atoms with van der Waals surface area (Å²) >= 11 is 5.99. The molecule has 19 heavy (non-hydrogen) atoms. The molecule has 0 fully saturated rings. The van der Waals surface area contributed by atoms with Crippen LogP contribution < -0.4 is 4.90 Å². The van der Waals surface area contributed by atoms with Gasteiger partial charge in [-0.05, 0) is 13.8 Å². The lowest BCUT2D eigenvalue weighted by molar-refractivity contribution is 0.0846. The van der Waals surface area contributed by atoms with Crippen molar-refractivity contribution >= 4 is 17.3 Å². The zero-order valence-electron chi connectivity index (χ0n) is 12.5. The summed E-state index contributed by atoms with van der Waals surface area (Å²) in [4.78, 5) is 11.0. The summed E-state index contributed by atoms with van der Waals surface area (Å²) in [5.74, 6) is 1.55. The fourth-order valence-corrected chi connectivity index (χ4v) is 1.86. The number of alkyl halides is 1. The van der Waals surface area contributed by atoms with Crippen LogP contribution in [-0.4, -0.2) is 36.3 Å². The van der Waals surface area contributed by atoms with Crippen molar-refractivity contribution in [3.63, 3.8) is 0 Å². The summed E-state index contributed by atoms with van der Waals surface area (Å²) in [6.45, 7) is 9.70. The number of anilines is 1. The number of hydrogen-bond donors (Lipinski definition) is 0. The van der Waals surface area contributed by atoms with Gasteiger partial charge in [0.05, 0.1) is 36.2 Å². The molecule has 0 unspecified atom stereocenters. The van der Waals surface area contributed by atoms with Gasteiger partial charge in [-0.25, -0.2) is 9.97 Å². The number of hydrogen-bond acceptors (Lipinski definition) is 4. The third kappa shape index (κ3) is 4.96. The molecule has 0 spiro atoms. The lowest BCUT2D eigenvalue weighted by atomic mass is 10.2. The summed E-state index contributed by atoms with van der Waals surface area (Å²) < 4.78 is 5.55. The molecule has 0 aliphatic carbocycles. The van der Waals surface area contributed by atoms with Gasteiger partial charge in [0, 0.05) is 19.5 Å². The van der Waals surface area contributed by atoms with Crippen molar-refractivity contribution in [2.75, 3.05) is 25.1 Å². The maximum atomic E-state index is 5.99. The molecule has 0 aliphatic heterocycles. The normalized spacial score (nSPS) is 11.4. The summed E-state index contributed by atoms with van der Waals surface area (Å²) in [6.07, 6.45) is 2.11. The molecule has 1 rings (SSSR count). The Balaban J connectivity index is 2.76. The monoisotopic (exact) mass is 285 g/mol. The second kappa shape index (κ2) is 7.65. The Morgan fingerprint density at radius 1 is 1.32 bits per heavy atom. The van der Waals surface area contributed by atoms with E-state index in [1.807, 2.05) is 27.1 Å². The van der Waals surface area contributed by atoms with Crippen LogP contribution in [0.4, 0.5) is 5.69 Å². The molecule has 0 N–H and O–H groups in total. The zero-order valence-corrected chi connectivity index (χ0v) is 13.2. The number of nitrogens with zero attached hydrogens (tertiary/aromatic N) is 3. The van der Waals surface area contributed by atoms with E-state index in [0.29, 0.717) is 18.4 Å². The zero-order chi connectivity index (χ0) is 14.4. The molecule has 4 nitrogen and oxygen atoms in total. The van der Waals surface area contributed by atoms with Gasteiger partial charge in [0.25, 0.3) is 0 Å². The summed E-state index contributed by atoms with van der Waals surface area (Å²) in [7, 11) is 2.01. The highest BCUT2D eigenvalue weighted by Gasteiger charge is 2.12. The van der Waals surface area contributed by atoms with Crippen LogP contribution in [0.1, 0.15) is 45.1 Å². The molecule has 0 saturated carbocycles. The van der Waals surface area contributed by atoms with Crippen LogP contribution in [0.15, 0.2) is 6.20 Å². The maximum Gasteiger partial charge on any atom is 0.131 e. The first-order valence-electron chi connectivity index (χ1n) is 6.70. The van der Waals surface area contributed by atoms with Crippen LogP contribution in [0.2, 0.25) is 0 Å². The summed E-state index contributed by atoms with van der Waals surface area (Å²) in [5, 5.41) is 0. The van der Waals surface area contributed by atoms with E-state index in [1.54, 1.807) is 0 Å². The van der Waals surface area contributed by atoms with Gasteiger partial charge < -0.3 is 9.64 Å². The van der Waals surface area contributed by atoms with Crippen molar-refractivity contribution in [1.82, 2.24) is 9.97 Å². The Morgan fingerprint density at radius 2 is 2.00 bits per heavy atom. The first-order chi connectivity index (χ1) is 8.95. The van der Waals surface area contributed by atoms with Crippen molar-refractivity contribution < 1.29 is 4.74 Å². The molecule has 0 aliphatic rings. The van der Waals surface area contributed by atoms with E-state index in [4.69, 9.17) is 16.3 Å². The predicted molar refractivity (Wildman–Crippen MR) is 80.0 cm³/mol. The fourth-order valence-electron chi connectivity index (χ4n) is 1.67. The maximum absolute atomic E-state index is 5.99. The average Bonchev–Trinajstić information content (AvgIpc) is 2.37. The quantitative estimate of drug-likeness (QED) is 0.721. The van der Waals surface area contributed by atoms with Crippen molar-refractivity contribution in [1.29, 1.82) is 0 Å². The SMILES string of the molecule is CC(C)OCCN(C)c1cnc(C(C)C)nc1CCl. The van der Waals surface area contributed by atoms with Gasteiger partial charge in [0.1, 0.15) is 5.82 Å². The second-order valence-corrected chi connectivity index (χ2v) is 5.46. The third-order valence-corrected chi connectivity index (χ3v) is 3.05. The highest BCUT2D eigenvalue weighted by molar-refractivity contribution is 6.17. The number of ether oxygens (including phenoxy) is 1. The molecule has 108 valence electrons. The predicted octanol–water partition coefficient (Wildman–Crippen LogP) is 3.20. The molecule has 5 heteroatoms. The minimum absolute atomic E-state index is 0.250. The van der Waals surface area contributed by atoms with Gasteiger partial charge in [0.2, 0.25) is 0 Å². The molecule has 0 aromatic carbocycles. The summed E-state index contributed by atoms with van der Waals surface area (Å²) in [6, 6.07) is 0. The third-order valence-electron chi connectivity index (χ3n) is 2.80. The topological polar surface area (TPSA) is 38.2 Å². The minimum Gasteiger partial charge on any atom is -0.377 e. The Hall–Kier alpha value is -0.870.